The lowest BCUT2D eigenvalue weighted by atomic mass is 9.95. The summed E-state index contributed by atoms with van der Waals surface area (Å²) in [6.07, 6.45) is -0.113. The standard InChI is InChI=1S/C30H30F3N8.C6H6O3S/c1-20-25(26-13-15-36-40(26)24-11-9-21(18-34)10-12-24)19-39-28(37-29(38-39)35-14-6-16-41(2,3)4)27(20)22-7-5-8-23(17-22)30(31,32)33;7-10(8,9)6-4-2-1-3-5-6/h5,7-13,15,17,19H,6,14,16H2,1-4H3,(H,35,38);1-5H,(H,7,8,9)/q+1;. The lowest BCUT2D eigenvalue weighted by Gasteiger charge is -2.23. The molecule has 0 saturated heterocycles. The number of nitriles is 1. The van der Waals surface area contributed by atoms with Crippen molar-refractivity contribution in [2.75, 3.05) is 39.5 Å². The van der Waals surface area contributed by atoms with Crippen LogP contribution < -0.4 is 5.32 Å². The number of nitrogens with zero attached hydrogens (tertiary/aromatic N) is 7. The molecule has 0 aliphatic rings. The summed E-state index contributed by atoms with van der Waals surface area (Å²) in [6, 6.07) is 23.6. The Labute approximate surface area is 293 Å². The Morgan fingerprint density at radius 1 is 0.980 bits per heavy atom. The van der Waals surface area contributed by atoms with Crippen molar-refractivity contribution in [3.05, 3.63) is 114 Å². The number of anilines is 1. The second kappa shape index (κ2) is 14.7. The van der Waals surface area contributed by atoms with Gasteiger partial charge in [-0.3, -0.25) is 4.55 Å². The second-order valence-corrected chi connectivity index (χ2v) is 14.1. The molecule has 0 aliphatic heterocycles. The first-order chi connectivity index (χ1) is 24.0. The van der Waals surface area contributed by atoms with Gasteiger partial charge in [-0.05, 0) is 72.6 Å². The van der Waals surface area contributed by atoms with E-state index < -0.39 is 21.9 Å². The van der Waals surface area contributed by atoms with E-state index in [1.807, 2.05) is 19.2 Å². The molecule has 0 amide bonds. The molecule has 11 nitrogen and oxygen atoms in total. The van der Waals surface area contributed by atoms with Crippen LogP contribution in [-0.4, -0.2) is 76.1 Å². The summed E-state index contributed by atoms with van der Waals surface area (Å²) in [5.41, 5.74) is 4.09. The van der Waals surface area contributed by atoms with Gasteiger partial charge in [-0.1, -0.05) is 30.3 Å². The summed E-state index contributed by atoms with van der Waals surface area (Å²) in [5.74, 6) is 0.400. The number of nitrogens with one attached hydrogen (secondary N) is 1. The van der Waals surface area contributed by atoms with Crippen LogP contribution in [0.25, 0.3) is 33.7 Å². The van der Waals surface area contributed by atoms with Crippen LogP contribution in [0.15, 0.2) is 102 Å². The van der Waals surface area contributed by atoms with Gasteiger partial charge < -0.3 is 9.80 Å². The molecule has 6 rings (SSSR count). The Morgan fingerprint density at radius 3 is 2.29 bits per heavy atom. The molecule has 0 atom stereocenters. The maximum Gasteiger partial charge on any atom is 0.416 e. The number of benzene rings is 3. The molecule has 51 heavy (non-hydrogen) atoms. The molecule has 264 valence electrons. The summed E-state index contributed by atoms with van der Waals surface area (Å²) in [4.78, 5) is 4.63. The topological polar surface area (TPSA) is 138 Å². The highest BCUT2D eigenvalue weighted by atomic mass is 32.2. The van der Waals surface area contributed by atoms with Crippen molar-refractivity contribution in [2.24, 2.45) is 0 Å². The van der Waals surface area contributed by atoms with Crippen LogP contribution in [0.3, 0.4) is 0 Å². The Kier molecular flexibility index (Phi) is 10.6. The van der Waals surface area contributed by atoms with Gasteiger partial charge >= 0.3 is 6.18 Å². The largest absolute Gasteiger partial charge is 0.416 e. The number of hydrogen-bond acceptors (Lipinski definition) is 7. The fourth-order valence-corrected chi connectivity index (χ4v) is 5.87. The molecule has 3 aromatic heterocycles. The zero-order chi connectivity index (χ0) is 37.0. The highest BCUT2D eigenvalue weighted by Gasteiger charge is 2.31. The van der Waals surface area contributed by atoms with Gasteiger partial charge in [0.05, 0.1) is 67.4 Å². The summed E-state index contributed by atoms with van der Waals surface area (Å²) in [6.45, 7) is 3.48. The van der Waals surface area contributed by atoms with E-state index in [2.05, 4.69) is 42.7 Å². The second-order valence-electron chi connectivity index (χ2n) is 12.7. The molecular weight excluding hydrogens is 682 g/mol. The van der Waals surface area contributed by atoms with E-state index >= 15 is 0 Å². The number of alkyl halides is 3. The van der Waals surface area contributed by atoms with Crippen LogP contribution in [-0.2, 0) is 16.3 Å². The third-order valence-corrected chi connectivity index (χ3v) is 8.72. The van der Waals surface area contributed by atoms with Crippen LogP contribution in [0.5, 0.6) is 0 Å². The van der Waals surface area contributed by atoms with Crippen molar-refractivity contribution in [1.82, 2.24) is 24.4 Å². The van der Waals surface area contributed by atoms with Crippen molar-refractivity contribution in [2.45, 2.75) is 24.4 Å². The van der Waals surface area contributed by atoms with Crippen molar-refractivity contribution < 1.29 is 30.6 Å². The normalized spacial score (nSPS) is 11.9. The molecule has 0 bridgehead atoms. The van der Waals surface area contributed by atoms with Crippen LogP contribution in [0, 0.1) is 18.3 Å². The number of fused-ring (bicyclic) bond motifs is 1. The van der Waals surface area contributed by atoms with E-state index in [1.54, 1.807) is 63.9 Å². The quantitative estimate of drug-likeness (QED) is 0.0938. The Hall–Kier alpha value is -5.56. The van der Waals surface area contributed by atoms with E-state index in [0.29, 0.717) is 34.8 Å². The molecule has 0 aliphatic carbocycles. The van der Waals surface area contributed by atoms with E-state index in [9.17, 15) is 26.9 Å². The first-order valence-corrected chi connectivity index (χ1v) is 17.2. The first-order valence-electron chi connectivity index (χ1n) is 15.7. The summed E-state index contributed by atoms with van der Waals surface area (Å²) >= 11 is 0. The number of quaternary nitrogens is 1. The molecule has 0 unspecified atom stereocenters. The van der Waals surface area contributed by atoms with Gasteiger partial charge in [0.15, 0.2) is 5.65 Å². The fraction of sp³-hybridized carbons (Fsp3) is 0.222. The smallest absolute Gasteiger partial charge is 0.353 e. The lowest BCUT2D eigenvalue weighted by Crippen LogP contribution is -2.36. The molecule has 2 N–H and O–H groups in total. The van der Waals surface area contributed by atoms with E-state index in [0.717, 1.165) is 52.1 Å². The number of aromatic nitrogens is 5. The molecule has 0 radical (unpaired) electrons. The first kappa shape index (κ1) is 36.7. The summed E-state index contributed by atoms with van der Waals surface area (Å²) < 4.78 is 74.4. The van der Waals surface area contributed by atoms with E-state index in [1.165, 1.54) is 18.2 Å². The molecule has 0 fully saturated rings. The van der Waals surface area contributed by atoms with Crippen LogP contribution in [0.4, 0.5) is 19.1 Å². The highest BCUT2D eigenvalue weighted by molar-refractivity contribution is 7.85. The Balaban J connectivity index is 0.000000435. The lowest BCUT2D eigenvalue weighted by molar-refractivity contribution is -0.870. The van der Waals surface area contributed by atoms with Crippen LogP contribution in [0.2, 0.25) is 0 Å². The maximum absolute atomic E-state index is 13.7. The van der Waals surface area contributed by atoms with Crippen molar-refractivity contribution >= 4 is 21.7 Å². The SMILES string of the molecule is Cc1c(-c2ccnn2-c2ccc(C#N)cc2)cn2nc(NCCC[N+](C)(C)C)nc2c1-c1cccc(C(F)(F)F)c1.O=S(=O)(O)c1ccccc1. The third-order valence-electron chi connectivity index (χ3n) is 7.85. The molecule has 0 spiro atoms. The predicted molar refractivity (Wildman–Crippen MR) is 188 cm³/mol. The zero-order valence-electron chi connectivity index (χ0n) is 28.3. The van der Waals surface area contributed by atoms with E-state index in [-0.39, 0.29) is 4.90 Å². The zero-order valence-corrected chi connectivity index (χ0v) is 29.1. The molecule has 3 aromatic carbocycles. The third kappa shape index (κ3) is 8.97. The Bertz CT molecular complexity index is 2290. The monoisotopic (exact) mass is 717 g/mol. The highest BCUT2D eigenvalue weighted by Crippen LogP contribution is 2.38. The molecule has 0 saturated carbocycles. The van der Waals surface area contributed by atoms with Crippen LogP contribution >= 0.6 is 0 Å². The fourth-order valence-electron chi connectivity index (χ4n) is 5.37. The minimum absolute atomic E-state index is 0.0741. The molecule has 15 heteroatoms. The number of rotatable bonds is 9. The van der Waals surface area contributed by atoms with Gasteiger partial charge in [-0.25, -0.2) is 9.20 Å². The minimum atomic E-state index is -4.49. The average Bonchev–Trinajstić information content (AvgIpc) is 3.73. The molecule has 3 heterocycles. The number of halogens is 3. The molecule has 6 aromatic rings. The minimum Gasteiger partial charge on any atom is -0.353 e. The van der Waals surface area contributed by atoms with E-state index in [4.69, 9.17) is 9.54 Å². The predicted octanol–water partition coefficient (Wildman–Crippen LogP) is 6.89. The van der Waals surface area contributed by atoms with Gasteiger partial charge in [-0.15, -0.1) is 5.10 Å². The van der Waals surface area contributed by atoms with Crippen molar-refractivity contribution in [3.8, 4) is 34.1 Å². The number of pyridine rings is 1. The summed E-state index contributed by atoms with van der Waals surface area (Å²) in [7, 11) is 2.36. The van der Waals surface area contributed by atoms with Gasteiger partial charge in [0.1, 0.15) is 0 Å². The van der Waals surface area contributed by atoms with Gasteiger partial charge in [0.2, 0.25) is 5.95 Å². The van der Waals surface area contributed by atoms with Gasteiger partial charge in [0.25, 0.3) is 10.1 Å². The Morgan fingerprint density at radius 2 is 1.69 bits per heavy atom. The van der Waals surface area contributed by atoms with Crippen molar-refractivity contribution in [3.63, 3.8) is 0 Å². The average molecular weight is 718 g/mol. The molecular formula is C36H36F3N8O3S+. The summed E-state index contributed by atoms with van der Waals surface area (Å²) in [5, 5.41) is 21.6. The van der Waals surface area contributed by atoms with Gasteiger partial charge in [0, 0.05) is 30.3 Å². The van der Waals surface area contributed by atoms with Gasteiger partial charge in [-0.2, -0.15) is 36.9 Å². The van der Waals surface area contributed by atoms with Crippen LogP contribution in [0.1, 0.15) is 23.1 Å². The van der Waals surface area contributed by atoms with Crippen molar-refractivity contribution in [1.29, 1.82) is 5.26 Å². The maximum atomic E-state index is 13.7. The number of hydrogen-bond donors (Lipinski definition) is 2.